The van der Waals surface area contributed by atoms with Crippen molar-refractivity contribution in [3.05, 3.63) is 77.4 Å². The van der Waals surface area contributed by atoms with Gasteiger partial charge in [0, 0.05) is 22.5 Å². The van der Waals surface area contributed by atoms with Gasteiger partial charge in [0.15, 0.2) is 5.82 Å². The van der Waals surface area contributed by atoms with E-state index >= 15 is 0 Å². The summed E-state index contributed by atoms with van der Waals surface area (Å²) in [7, 11) is 4.19. The van der Waals surface area contributed by atoms with Crippen LogP contribution in [0.25, 0.3) is 50.3 Å². The van der Waals surface area contributed by atoms with E-state index in [2.05, 4.69) is 75.4 Å². The summed E-state index contributed by atoms with van der Waals surface area (Å²) in [5.41, 5.74) is 8.45. The van der Waals surface area contributed by atoms with Crippen molar-refractivity contribution >= 4 is 38.8 Å². The maximum absolute atomic E-state index is 4.91. The van der Waals surface area contributed by atoms with Gasteiger partial charge in [-0.2, -0.15) is 16.4 Å². The lowest BCUT2D eigenvalue weighted by molar-refractivity contribution is 0.400. The number of rotatable bonds is 9. The lowest BCUT2D eigenvalue weighted by Gasteiger charge is -2.10. The van der Waals surface area contributed by atoms with Crippen LogP contribution in [-0.2, 0) is 0 Å². The second-order valence-electron chi connectivity index (χ2n) is 8.91. The van der Waals surface area contributed by atoms with Crippen molar-refractivity contribution in [2.24, 2.45) is 0 Å². The molecule has 7 nitrogen and oxygen atoms in total. The molecule has 0 aromatic carbocycles. The Bertz CT molecular complexity index is 1570. The molecule has 0 amide bonds. The van der Waals surface area contributed by atoms with Gasteiger partial charge in [0.25, 0.3) is 0 Å². The van der Waals surface area contributed by atoms with E-state index in [1.165, 1.54) is 5.57 Å². The van der Waals surface area contributed by atoms with Gasteiger partial charge in [0.2, 0.25) is 0 Å². The zero-order valence-corrected chi connectivity index (χ0v) is 21.6. The Balaban J connectivity index is 1.52. The van der Waals surface area contributed by atoms with E-state index in [-0.39, 0.29) is 0 Å². The van der Waals surface area contributed by atoms with Gasteiger partial charge in [-0.3, -0.25) is 15.1 Å². The molecule has 0 bridgehead atoms. The number of nitrogens with one attached hydrogen (secondary N) is 2. The van der Waals surface area contributed by atoms with Crippen LogP contribution in [0, 0.1) is 0 Å². The van der Waals surface area contributed by atoms with Crippen LogP contribution in [0.3, 0.4) is 0 Å². The van der Waals surface area contributed by atoms with Gasteiger partial charge in [-0.1, -0.05) is 18.7 Å². The summed E-state index contributed by atoms with van der Waals surface area (Å²) in [5.74, 6) is 0.700. The number of allylic oxidation sites excluding steroid dienone is 5. The van der Waals surface area contributed by atoms with Crippen molar-refractivity contribution in [1.29, 1.82) is 0 Å². The molecule has 0 atom stereocenters. The van der Waals surface area contributed by atoms with Crippen LogP contribution in [0.1, 0.15) is 25.5 Å². The van der Waals surface area contributed by atoms with Crippen molar-refractivity contribution < 1.29 is 0 Å². The molecule has 0 aliphatic rings. The summed E-state index contributed by atoms with van der Waals surface area (Å²) < 4.78 is 0. The Labute approximate surface area is 214 Å². The second-order valence-corrected chi connectivity index (χ2v) is 9.69. The molecule has 8 heteroatoms. The molecule has 0 fully saturated rings. The number of H-pyrrole nitrogens is 2. The van der Waals surface area contributed by atoms with Gasteiger partial charge in [0.05, 0.1) is 28.6 Å². The molecule has 36 heavy (non-hydrogen) atoms. The number of imidazole rings is 1. The highest BCUT2D eigenvalue weighted by atomic mass is 32.1. The summed E-state index contributed by atoms with van der Waals surface area (Å²) in [6.45, 7) is 7.10. The van der Waals surface area contributed by atoms with Gasteiger partial charge in [-0.25, -0.2) is 4.98 Å². The smallest absolute Gasteiger partial charge is 0.159 e. The van der Waals surface area contributed by atoms with Crippen molar-refractivity contribution in [1.82, 2.24) is 35.0 Å². The molecule has 0 aliphatic carbocycles. The Morgan fingerprint density at radius 1 is 1.17 bits per heavy atom. The zero-order chi connectivity index (χ0) is 25.1. The second kappa shape index (κ2) is 10.4. The topological polar surface area (TPSA) is 86.4 Å². The number of nitrogens with zero attached hydrogens (tertiary/aromatic N) is 5. The average Bonchev–Trinajstić information content (AvgIpc) is 3.64. The molecule has 5 aromatic rings. The van der Waals surface area contributed by atoms with Crippen LogP contribution in [0.4, 0.5) is 0 Å². The molecule has 2 N–H and O–H groups in total. The highest BCUT2D eigenvalue weighted by molar-refractivity contribution is 7.08. The van der Waals surface area contributed by atoms with Crippen molar-refractivity contribution in [2.45, 2.75) is 19.8 Å². The fourth-order valence-electron chi connectivity index (χ4n) is 4.25. The Morgan fingerprint density at radius 2 is 2.06 bits per heavy atom. The summed E-state index contributed by atoms with van der Waals surface area (Å²) in [6, 6.07) is 6.08. The first kappa shape index (κ1) is 23.8. The summed E-state index contributed by atoms with van der Waals surface area (Å²) >= 11 is 1.65. The van der Waals surface area contributed by atoms with Gasteiger partial charge >= 0.3 is 0 Å². The van der Waals surface area contributed by atoms with E-state index < -0.39 is 0 Å². The molecular weight excluding hydrogens is 466 g/mol. The SMILES string of the molecule is C=C/C(=C\C(=C/C)c1cc2c(-c3nc4c(-c5ccsc5)nccc4[nH]3)n[nH]c2cn1)CCCN(C)C. The minimum atomic E-state index is 0.700. The maximum atomic E-state index is 4.91. The predicted molar refractivity (Wildman–Crippen MR) is 150 cm³/mol. The van der Waals surface area contributed by atoms with E-state index in [1.54, 1.807) is 11.3 Å². The fourth-order valence-corrected chi connectivity index (χ4v) is 4.89. The first-order chi connectivity index (χ1) is 17.6. The predicted octanol–water partition coefficient (Wildman–Crippen LogP) is 6.48. The number of pyridine rings is 2. The maximum Gasteiger partial charge on any atom is 0.159 e. The number of fused-ring (bicyclic) bond motifs is 2. The van der Waals surface area contributed by atoms with Gasteiger partial charge in [0.1, 0.15) is 11.2 Å². The molecule has 0 saturated carbocycles. The summed E-state index contributed by atoms with van der Waals surface area (Å²) in [4.78, 5) is 19.8. The van der Waals surface area contributed by atoms with E-state index in [9.17, 15) is 0 Å². The van der Waals surface area contributed by atoms with Gasteiger partial charge < -0.3 is 9.88 Å². The zero-order valence-electron chi connectivity index (χ0n) is 20.7. The first-order valence-electron chi connectivity index (χ1n) is 11.9. The highest BCUT2D eigenvalue weighted by Gasteiger charge is 2.17. The molecule has 0 saturated heterocycles. The van der Waals surface area contributed by atoms with Crippen molar-refractivity contribution in [2.75, 3.05) is 20.6 Å². The van der Waals surface area contributed by atoms with Gasteiger partial charge in [-0.05, 0) is 81.2 Å². The largest absolute Gasteiger partial charge is 0.336 e. The number of thiophene rings is 1. The third-order valence-electron chi connectivity index (χ3n) is 6.15. The lowest BCUT2D eigenvalue weighted by atomic mass is 10.0. The lowest BCUT2D eigenvalue weighted by Crippen LogP contribution is -2.12. The molecule has 5 aromatic heterocycles. The van der Waals surface area contributed by atoms with Crippen LogP contribution in [0.2, 0.25) is 0 Å². The molecular formula is C28H29N7S. The van der Waals surface area contributed by atoms with Crippen LogP contribution >= 0.6 is 11.3 Å². The Kier molecular flexibility index (Phi) is 6.88. The minimum absolute atomic E-state index is 0.700. The standard InChI is InChI=1S/C28H29N7S/c1-5-18(8-7-12-35(3)4)14-19(6-2)23-15-21-24(16-30-23)33-34-26(21)28-31-22-9-11-29-25(27(22)32-28)20-10-13-36-17-20/h5-6,9-11,13-17H,1,7-8,12H2,2-4H3,(H,31,32)(H,33,34)/b18-14+,19-6+. The van der Waals surface area contributed by atoms with Crippen molar-refractivity contribution in [3.63, 3.8) is 0 Å². The highest BCUT2D eigenvalue weighted by Crippen LogP contribution is 2.32. The molecule has 5 rings (SSSR count). The molecule has 0 aliphatic heterocycles. The Morgan fingerprint density at radius 3 is 2.81 bits per heavy atom. The monoisotopic (exact) mass is 495 g/mol. The summed E-state index contributed by atoms with van der Waals surface area (Å²) in [5, 5.41) is 12.8. The van der Waals surface area contributed by atoms with Crippen LogP contribution < -0.4 is 0 Å². The molecule has 0 unspecified atom stereocenters. The molecule has 182 valence electrons. The summed E-state index contributed by atoms with van der Waals surface area (Å²) in [6.07, 6.45) is 11.9. The normalized spacial score (nSPS) is 12.8. The van der Waals surface area contributed by atoms with Crippen molar-refractivity contribution in [3.8, 4) is 22.8 Å². The third-order valence-corrected chi connectivity index (χ3v) is 6.83. The number of aromatic nitrogens is 6. The molecule has 0 radical (unpaired) electrons. The first-order valence-corrected chi connectivity index (χ1v) is 12.9. The quantitative estimate of drug-likeness (QED) is 0.229. The molecule has 0 spiro atoms. The number of hydrogen-bond donors (Lipinski definition) is 2. The van der Waals surface area contributed by atoms with E-state index in [0.717, 1.165) is 69.5 Å². The van der Waals surface area contributed by atoms with Crippen LogP contribution in [0.5, 0.6) is 0 Å². The van der Waals surface area contributed by atoms with E-state index in [1.807, 2.05) is 36.8 Å². The van der Waals surface area contributed by atoms with E-state index in [4.69, 9.17) is 9.97 Å². The minimum Gasteiger partial charge on any atom is -0.336 e. The average molecular weight is 496 g/mol. The fraction of sp³-hybridized carbons (Fsp3) is 0.214. The number of hydrogen-bond acceptors (Lipinski definition) is 6. The van der Waals surface area contributed by atoms with E-state index in [0.29, 0.717) is 5.82 Å². The van der Waals surface area contributed by atoms with Gasteiger partial charge in [-0.15, -0.1) is 0 Å². The molecule has 5 heterocycles. The van der Waals surface area contributed by atoms with Crippen LogP contribution in [-0.4, -0.2) is 55.7 Å². The number of aromatic amines is 2. The Hall–Kier alpha value is -3.88. The van der Waals surface area contributed by atoms with Crippen LogP contribution in [0.15, 0.2) is 71.7 Å². The third kappa shape index (κ3) is 4.78.